The molecule has 0 aromatic heterocycles. The van der Waals surface area contributed by atoms with E-state index < -0.39 is 0 Å². The molecule has 1 aliphatic rings. The maximum atomic E-state index is 4.87. The number of hydrogen-bond donors (Lipinski definition) is 0. The average Bonchev–Trinajstić information content (AvgIpc) is 2.16. The third kappa shape index (κ3) is 3.51. The van der Waals surface area contributed by atoms with Crippen LogP contribution in [0.15, 0.2) is 12.7 Å². The Hall–Kier alpha value is -0.380. The van der Waals surface area contributed by atoms with Crippen molar-refractivity contribution in [2.45, 2.75) is 31.8 Å². The lowest BCUT2D eigenvalue weighted by atomic mass is 10.1. The first-order chi connectivity index (χ1) is 5.43. The minimum absolute atomic E-state index is 0.0203. The summed E-state index contributed by atoms with van der Waals surface area (Å²) in [5.41, 5.74) is 0. The highest BCUT2D eigenvalue weighted by Crippen LogP contribution is 2.10. The van der Waals surface area contributed by atoms with Crippen LogP contribution in [0.2, 0.25) is 0 Å². The van der Waals surface area contributed by atoms with Gasteiger partial charge in [-0.1, -0.05) is 24.0 Å². The van der Waals surface area contributed by atoms with Crippen molar-refractivity contribution in [3.8, 4) is 0 Å². The van der Waals surface area contributed by atoms with Crippen molar-refractivity contribution >= 4 is 0 Å². The molecule has 1 fully saturated rings. The quantitative estimate of drug-likeness (QED) is 0.431. The summed E-state index contributed by atoms with van der Waals surface area (Å²) in [6.07, 6.45) is 6.02. The molecule has 0 N–H and O–H groups in total. The maximum Gasteiger partial charge on any atom is 0.114 e. The molecule has 0 saturated carbocycles. The lowest BCUT2D eigenvalue weighted by Crippen LogP contribution is -2.09. The van der Waals surface area contributed by atoms with Crippen molar-refractivity contribution in [2.75, 3.05) is 6.61 Å². The van der Waals surface area contributed by atoms with Gasteiger partial charge in [-0.25, -0.2) is 4.89 Å². The molecule has 64 valence electrons. The summed E-state index contributed by atoms with van der Waals surface area (Å²) in [6, 6.07) is 0. The molecule has 1 unspecified atom stereocenters. The molecule has 1 heterocycles. The van der Waals surface area contributed by atoms with E-state index in [9.17, 15) is 0 Å². The third-order valence-electron chi connectivity index (χ3n) is 1.69. The van der Waals surface area contributed by atoms with Crippen molar-refractivity contribution in [3.63, 3.8) is 0 Å². The van der Waals surface area contributed by atoms with E-state index in [2.05, 4.69) is 11.6 Å². The van der Waals surface area contributed by atoms with E-state index in [0.29, 0.717) is 6.61 Å². The topological polar surface area (TPSA) is 27.7 Å². The first-order valence-corrected chi connectivity index (χ1v) is 4.01. The van der Waals surface area contributed by atoms with Crippen LogP contribution in [-0.2, 0) is 14.8 Å². The molecule has 3 heteroatoms. The van der Waals surface area contributed by atoms with Gasteiger partial charge < -0.3 is 0 Å². The largest absolute Gasteiger partial charge is 0.206 e. The SMILES string of the molecule is C=CC1CCCCCOOO1. The second-order valence-electron chi connectivity index (χ2n) is 2.61. The zero-order valence-corrected chi connectivity index (χ0v) is 6.62. The van der Waals surface area contributed by atoms with E-state index in [-0.39, 0.29) is 6.10 Å². The maximum absolute atomic E-state index is 4.87. The highest BCUT2D eigenvalue weighted by atomic mass is 17.5. The Morgan fingerprint density at radius 2 is 2.18 bits per heavy atom. The Morgan fingerprint density at radius 1 is 1.27 bits per heavy atom. The van der Waals surface area contributed by atoms with Gasteiger partial charge in [-0.2, -0.15) is 4.89 Å². The second kappa shape index (κ2) is 5.29. The molecule has 1 saturated heterocycles. The Morgan fingerprint density at radius 3 is 3.00 bits per heavy atom. The van der Waals surface area contributed by atoms with Crippen LogP contribution in [0.4, 0.5) is 0 Å². The smallest absolute Gasteiger partial charge is 0.114 e. The monoisotopic (exact) mass is 158 g/mol. The Kier molecular flexibility index (Phi) is 4.19. The fourth-order valence-corrected chi connectivity index (χ4v) is 1.00. The van der Waals surface area contributed by atoms with Crippen LogP contribution in [0.25, 0.3) is 0 Å². The van der Waals surface area contributed by atoms with Crippen LogP contribution in [0.3, 0.4) is 0 Å². The van der Waals surface area contributed by atoms with Gasteiger partial charge in [0.1, 0.15) is 6.10 Å². The molecular formula is C8H14O3. The van der Waals surface area contributed by atoms with Crippen LogP contribution >= 0.6 is 0 Å². The summed E-state index contributed by atoms with van der Waals surface area (Å²) in [6.45, 7) is 4.24. The lowest BCUT2D eigenvalue weighted by Gasteiger charge is -2.07. The summed E-state index contributed by atoms with van der Waals surface area (Å²) in [4.78, 5) is 9.59. The molecule has 1 rings (SSSR count). The number of rotatable bonds is 1. The molecule has 0 spiro atoms. The molecule has 0 aromatic carbocycles. The minimum Gasteiger partial charge on any atom is -0.206 e. The predicted octanol–water partition coefficient (Wildman–Crippen LogP) is 1.99. The first kappa shape index (κ1) is 8.71. The van der Waals surface area contributed by atoms with Gasteiger partial charge in [-0.05, 0) is 12.8 Å². The molecule has 0 radical (unpaired) electrons. The van der Waals surface area contributed by atoms with Gasteiger partial charge in [0.05, 0.1) is 6.61 Å². The molecule has 11 heavy (non-hydrogen) atoms. The molecule has 0 amide bonds. The normalized spacial score (nSPS) is 28.2. The molecular weight excluding hydrogens is 144 g/mol. The first-order valence-electron chi connectivity index (χ1n) is 4.01. The van der Waals surface area contributed by atoms with Gasteiger partial charge in [0.15, 0.2) is 0 Å². The van der Waals surface area contributed by atoms with Crippen LogP contribution in [-0.4, -0.2) is 12.7 Å². The van der Waals surface area contributed by atoms with Crippen molar-refractivity contribution in [2.24, 2.45) is 0 Å². The van der Waals surface area contributed by atoms with Crippen LogP contribution in [0, 0.1) is 0 Å². The van der Waals surface area contributed by atoms with Crippen molar-refractivity contribution in [1.82, 2.24) is 0 Å². The van der Waals surface area contributed by atoms with Crippen LogP contribution in [0.5, 0.6) is 0 Å². The van der Waals surface area contributed by atoms with Gasteiger partial charge >= 0.3 is 0 Å². The zero-order valence-electron chi connectivity index (χ0n) is 6.62. The summed E-state index contributed by atoms with van der Waals surface area (Å²) >= 11 is 0. The van der Waals surface area contributed by atoms with E-state index in [1.165, 1.54) is 0 Å². The lowest BCUT2D eigenvalue weighted by molar-refractivity contribution is -0.521. The van der Waals surface area contributed by atoms with Crippen molar-refractivity contribution in [3.05, 3.63) is 12.7 Å². The van der Waals surface area contributed by atoms with E-state index in [4.69, 9.17) is 9.78 Å². The standard InChI is InChI=1S/C8H14O3/c1-2-8-6-4-3-5-7-9-11-10-8/h2,8H,1,3-7H2. The van der Waals surface area contributed by atoms with Gasteiger partial charge in [-0.3, -0.25) is 0 Å². The highest BCUT2D eigenvalue weighted by molar-refractivity contribution is 4.78. The van der Waals surface area contributed by atoms with Crippen LogP contribution in [0.1, 0.15) is 25.7 Å². The van der Waals surface area contributed by atoms with Crippen LogP contribution < -0.4 is 0 Å². The highest BCUT2D eigenvalue weighted by Gasteiger charge is 2.07. The van der Waals surface area contributed by atoms with Crippen molar-refractivity contribution < 1.29 is 14.8 Å². The summed E-state index contributed by atoms with van der Waals surface area (Å²) in [7, 11) is 0. The van der Waals surface area contributed by atoms with Gasteiger partial charge in [-0.15, -0.1) is 6.58 Å². The Balaban J connectivity index is 2.24. The van der Waals surface area contributed by atoms with Gasteiger partial charge in [0.25, 0.3) is 0 Å². The fraction of sp³-hybridized carbons (Fsp3) is 0.750. The summed E-state index contributed by atoms with van der Waals surface area (Å²) in [5, 5.41) is 4.49. The average molecular weight is 158 g/mol. The fourth-order valence-electron chi connectivity index (χ4n) is 1.00. The van der Waals surface area contributed by atoms with E-state index in [0.717, 1.165) is 25.7 Å². The van der Waals surface area contributed by atoms with Crippen molar-refractivity contribution in [1.29, 1.82) is 0 Å². The molecule has 0 aromatic rings. The van der Waals surface area contributed by atoms with E-state index >= 15 is 0 Å². The third-order valence-corrected chi connectivity index (χ3v) is 1.69. The zero-order chi connectivity index (χ0) is 7.94. The Bertz CT molecular complexity index is 104. The molecule has 3 nitrogen and oxygen atoms in total. The Labute approximate surface area is 66.8 Å². The molecule has 1 atom stereocenters. The van der Waals surface area contributed by atoms with Gasteiger partial charge in [0, 0.05) is 0 Å². The summed E-state index contributed by atoms with van der Waals surface area (Å²) in [5.74, 6) is 0. The molecule has 1 aliphatic heterocycles. The molecule has 0 aliphatic carbocycles. The van der Waals surface area contributed by atoms with E-state index in [1.54, 1.807) is 6.08 Å². The number of hydrogen-bond acceptors (Lipinski definition) is 3. The van der Waals surface area contributed by atoms with Gasteiger partial charge in [0.2, 0.25) is 0 Å². The summed E-state index contributed by atoms with van der Waals surface area (Å²) < 4.78 is 0. The van der Waals surface area contributed by atoms with E-state index in [1.807, 2.05) is 0 Å². The second-order valence-corrected chi connectivity index (χ2v) is 2.61. The molecule has 0 bridgehead atoms. The predicted molar refractivity (Wildman–Crippen MR) is 40.6 cm³/mol. The minimum atomic E-state index is -0.0203.